The summed E-state index contributed by atoms with van der Waals surface area (Å²) in [5.74, 6) is 0. The van der Waals surface area contributed by atoms with Crippen LogP contribution in [0.1, 0.15) is 5.56 Å². The molecule has 2 atom stereocenters. The van der Waals surface area contributed by atoms with Crippen LogP contribution in [0.25, 0.3) is 0 Å². The van der Waals surface area contributed by atoms with Crippen LogP contribution in [0.5, 0.6) is 0 Å². The van der Waals surface area contributed by atoms with Crippen LogP contribution < -0.4 is 0 Å². The van der Waals surface area contributed by atoms with Crippen LogP contribution in [0.15, 0.2) is 30.3 Å². The van der Waals surface area contributed by atoms with Gasteiger partial charge in [-0.25, -0.2) is 0 Å². The van der Waals surface area contributed by atoms with E-state index in [4.69, 9.17) is 14.2 Å². The van der Waals surface area contributed by atoms with E-state index in [1.54, 1.807) is 0 Å². The van der Waals surface area contributed by atoms with Gasteiger partial charge in [0.1, 0.15) is 4.11 Å². The van der Waals surface area contributed by atoms with E-state index < -0.39 is 0 Å². The van der Waals surface area contributed by atoms with E-state index in [2.05, 4.69) is 22.6 Å². The van der Waals surface area contributed by atoms with Crippen molar-refractivity contribution in [3.63, 3.8) is 0 Å². The number of hydrogen-bond acceptors (Lipinski definition) is 3. The van der Waals surface area contributed by atoms with Gasteiger partial charge in [0.25, 0.3) is 0 Å². The molecular formula is C11H13IO3. The largest absolute Gasteiger partial charge is 0.371 e. The second-order valence-corrected chi connectivity index (χ2v) is 4.70. The highest BCUT2D eigenvalue weighted by molar-refractivity contribution is 14.1. The topological polar surface area (TPSA) is 27.7 Å². The Morgan fingerprint density at radius 3 is 2.80 bits per heavy atom. The van der Waals surface area contributed by atoms with Crippen LogP contribution >= 0.6 is 22.6 Å². The molecule has 1 aromatic carbocycles. The fraction of sp³-hybridized carbons (Fsp3) is 0.455. The van der Waals surface area contributed by atoms with Gasteiger partial charge < -0.3 is 14.2 Å². The minimum atomic E-state index is -0.199. The summed E-state index contributed by atoms with van der Waals surface area (Å²) in [6.07, 6.45) is -0.199. The first-order valence-corrected chi connectivity index (χ1v) is 6.12. The molecule has 0 aliphatic carbocycles. The molecule has 0 aromatic heterocycles. The van der Waals surface area contributed by atoms with Crippen molar-refractivity contribution in [2.45, 2.75) is 17.0 Å². The Bertz CT molecular complexity index is 291. The average Bonchev–Trinajstić information content (AvgIpc) is 2.66. The molecule has 1 aromatic rings. The predicted molar refractivity (Wildman–Crippen MR) is 64.7 cm³/mol. The van der Waals surface area contributed by atoms with Gasteiger partial charge in [0, 0.05) is 0 Å². The lowest BCUT2D eigenvalue weighted by Gasteiger charge is -2.09. The van der Waals surface area contributed by atoms with Crippen LogP contribution in [0.4, 0.5) is 0 Å². The summed E-state index contributed by atoms with van der Waals surface area (Å²) in [7, 11) is 0. The molecule has 0 spiro atoms. The van der Waals surface area contributed by atoms with Crippen molar-refractivity contribution in [1.82, 2.24) is 0 Å². The van der Waals surface area contributed by atoms with Gasteiger partial charge in [0.15, 0.2) is 6.29 Å². The van der Waals surface area contributed by atoms with Gasteiger partial charge in [0.2, 0.25) is 0 Å². The third kappa shape index (κ3) is 3.71. The van der Waals surface area contributed by atoms with E-state index in [0.717, 1.165) is 0 Å². The van der Waals surface area contributed by atoms with Crippen molar-refractivity contribution in [1.29, 1.82) is 0 Å². The Kier molecular flexibility index (Phi) is 4.37. The first-order chi connectivity index (χ1) is 7.34. The maximum Gasteiger partial charge on any atom is 0.182 e. The number of halogens is 1. The monoisotopic (exact) mass is 320 g/mol. The second-order valence-electron chi connectivity index (χ2n) is 3.31. The molecule has 1 unspecified atom stereocenters. The van der Waals surface area contributed by atoms with Crippen LogP contribution in [0.3, 0.4) is 0 Å². The highest BCUT2D eigenvalue weighted by atomic mass is 127. The van der Waals surface area contributed by atoms with E-state index >= 15 is 0 Å². The molecule has 1 aliphatic rings. The Balaban J connectivity index is 1.67. The van der Waals surface area contributed by atoms with Crippen LogP contribution in [-0.4, -0.2) is 23.6 Å². The summed E-state index contributed by atoms with van der Waals surface area (Å²) >= 11 is 2.21. The zero-order valence-corrected chi connectivity index (χ0v) is 10.4. The van der Waals surface area contributed by atoms with Gasteiger partial charge in [-0.15, -0.1) is 0 Å². The lowest BCUT2D eigenvalue weighted by Crippen LogP contribution is -2.16. The molecule has 1 aliphatic heterocycles. The van der Waals surface area contributed by atoms with Gasteiger partial charge in [-0.05, 0) is 28.2 Å². The van der Waals surface area contributed by atoms with E-state index in [-0.39, 0.29) is 10.4 Å². The molecule has 0 amide bonds. The van der Waals surface area contributed by atoms with Gasteiger partial charge in [-0.3, -0.25) is 0 Å². The highest BCUT2D eigenvalue weighted by Gasteiger charge is 2.23. The van der Waals surface area contributed by atoms with Crippen molar-refractivity contribution in [2.75, 3.05) is 13.2 Å². The number of rotatable bonds is 4. The van der Waals surface area contributed by atoms with E-state index in [1.165, 1.54) is 5.56 Å². The Morgan fingerprint density at radius 1 is 1.33 bits per heavy atom. The van der Waals surface area contributed by atoms with E-state index in [0.29, 0.717) is 19.8 Å². The zero-order valence-electron chi connectivity index (χ0n) is 8.27. The Hall–Kier alpha value is -0.170. The van der Waals surface area contributed by atoms with Crippen molar-refractivity contribution >= 4 is 22.6 Å². The fourth-order valence-electron chi connectivity index (χ4n) is 1.36. The molecule has 0 radical (unpaired) electrons. The SMILES string of the molecule is IC1CO[C@@H](COCc2ccccc2)O1. The minimum absolute atomic E-state index is 0.160. The normalized spacial score (nSPS) is 25.7. The summed E-state index contributed by atoms with van der Waals surface area (Å²) in [4.78, 5) is 0. The van der Waals surface area contributed by atoms with Crippen LogP contribution in [-0.2, 0) is 20.8 Å². The lowest BCUT2D eigenvalue weighted by atomic mass is 10.2. The quantitative estimate of drug-likeness (QED) is 0.630. The van der Waals surface area contributed by atoms with Crippen LogP contribution in [0.2, 0.25) is 0 Å². The fourth-order valence-corrected chi connectivity index (χ4v) is 1.90. The number of hydrogen-bond donors (Lipinski definition) is 0. The van der Waals surface area contributed by atoms with E-state index in [1.807, 2.05) is 30.3 Å². The smallest absolute Gasteiger partial charge is 0.182 e. The standard InChI is InChI=1S/C11H13IO3/c12-10-7-14-11(15-10)8-13-6-9-4-2-1-3-5-9/h1-5,10-11H,6-8H2/t10?,11-/m1/s1. The van der Waals surface area contributed by atoms with Gasteiger partial charge in [-0.2, -0.15) is 0 Å². The third-order valence-electron chi connectivity index (χ3n) is 2.08. The molecule has 1 fully saturated rings. The molecule has 2 rings (SSSR count). The molecule has 15 heavy (non-hydrogen) atoms. The first kappa shape index (κ1) is 11.3. The molecular weight excluding hydrogens is 307 g/mol. The number of ether oxygens (including phenoxy) is 3. The Morgan fingerprint density at radius 2 is 2.13 bits per heavy atom. The van der Waals surface area contributed by atoms with E-state index in [9.17, 15) is 0 Å². The average molecular weight is 320 g/mol. The van der Waals surface area contributed by atoms with Crippen molar-refractivity contribution < 1.29 is 14.2 Å². The summed E-state index contributed by atoms with van der Waals surface area (Å²) in [6.45, 7) is 1.75. The molecule has 3 nitrogen and oxygen atoms in total. The molecule has 0 saturated carbocycles. The van der Waals surface area contributed by atoms with Gasteiger partial charge in [0.05, 0.1) is 19.8 Å². The molecule has 1 heterocycles. The lowest BCUT2D eigenvalue weighted by molar-refractivity contribution is -0.0990. The number of benzene rings is 1. The first-order valence-electron chi connectivity index (χ1n) is 4.87. The van der Waals surface area contributed by atoms with Crippen LogP contribution in [0, 0.1) is 0 Å². The molecule has 82 valence electrons. The molecule has 0 bridgehead atoms. The zero-order chi connectivity index (χ0) is 10.5. The van der Waals surface area contributed by atoms with Crippen molar-refractivity contribution in [3.05, 3.63) is 35.9 Å². The molecule has 0 N–H and O–H groups in total. The summed E-state index contributed by atoms with van der Waals surface area (Å²) in [6, 6.07) is 10.1. The molecule has 1 saturated heterocycles. The number of alkyl halides is 1. The van der Waals surface area contributed by atoms with Gasteiger partial charge >= 0.3 is 0 Å². The van der Waals surface area contributed by atoms with Crippen molar-refractivity contribution in [3.8, 4) is 0 Å². The van der Waals surface area contributed by atoms with Gasteiger partial charge in [-0.1, -0.05) is 30.3 Å². The predicted octanol–water partition coefficient (Wildman–Crippen LogP) is 2.34. The second kappa shape index (κ2) is 5.79. The third-order valence-corrected chi connectivity index (χ3v) is 2.73. The Labute approximate surface area is 103 Å². The maximum absolute atomic E-state index is 5.50. The minimum Gasteiger partial charge on any atom is -0.371 e. The maximum atomic E-state index is 5.50. The summed E-state index contributed by atoms with van der Waals surface area (Å²) in [5, 5.41) is 0. The summed E-state index contributed by atoms with van der Waals surface area (Å²) in [5.41, 5.74) is 1.17. The van der Waals surface area contributed by atoms with Crippen molar-refractivity contribution in [2.24, 2.45) is 0 Å². The highest BCUT2D eigenvalue weighted by Crippen LogP contribution is 2.17. The molecule has 4 heteroatoms. The summed E-state index contributed by atoms with van der Waals surface area (Å²) < 4.78 is 16.4.